The molecule has 1 unspecified atom stereocenters. The predicted molar refractivity (Wildman–Crippen MR) is 72.0 cm³/mol. The molecule has 1 aromatic carbocycles. The Balaban J connectivity index is 1.98. The van der Waals surface area contributed by atoms with E-state index in [0.717, 1.165) is 24.3 Å². The van der Waals surface area contributed by atoms with Crippen LogP contribution in [0.25, 0.3) is 0 Å². The highest BCUT2D eigenvalue weighted by molar-refractivity contribution is 7.99. The Hall–Kier alpha value is -0.540. The van der Waals surface area contributed by atoms with Gasteiger partial charge in [-0.25, -0.2) is 4.39 Å². The van der Waals surface area contributed by atoms with Crippen molar-refractivity contribution >= 4 is 11.8 Å². The first-order valence-corrected chi connectivity index (χ1v) is 7.45. The van der Waals surface area contributed by atoms with E-state index in [1.54, 1.807) is 12.1 Å². The summed E-state index contributed by atoms with van der Waals surface area (Å²) in [5, 5.41) is 3.56. The van der Waals surface area contributed by atoms with E-state index in [0.29, 0.717) is 6.04 Å². The fourth-order valence-electron chi connectivity index (χ4n) is 2.23. The van der Waals surface area contributed by atoms with Crippen LogP contribution in [0.5, 0.6) is 0 Å². The first kappa shape index (κ1) is 12.9. The topological polar surface area (TPSA) is 12.0 Å². The van der Waals surface area contributed by atoms with Crippen LogP contribution >= 0.6 is 11.8 Å². The van der Waals surface area contributed by atoms with Gasteiger partial charge in [0.05, 0.1) is 0 Å². The van der Waals surface area contributed by atoms with Gasteiger partial charge in [-0.15, -0.1) is 11.8 Å². The first-order chi connectivity index (χ1) is 8.31. The molecule has 1 aliphatic rings. The molecule has 0 saturated carbocycles. The van der Waals surface area contributed by atoms with Gasteiger partial charge < -0.3 is 5.32 Å². The van der Waals surface area contributed by atoms with E-state index in [2.05, 4.69) is 12.2 Å². The highest BCUT2D eigenvalue weighted by atomic mass is 32.2. The van der Waals surface area contributed by atoms with E-state index in [1.807, 2.05) is 17.8 Å². The van der Waals surface area contributed by atoms with Crippen molar-refractivity contribution < 1.29 is 4.39 Å². The van der Waals surface area contributed by atoms with E-state index >= 15 is 0 Å². The highest BCUT2D eigenvalue weighted by Gasteiger charge is 2.20. The van der Waals surface area contributed by atoms with E-state index in [9.17, 15) is 4.39 Å². The fourth-order valence-corrected chi connectivity index (χ4v) is 3.33. The van der Waals surface area contributed by atoms with Crippen molar-refractivity contribution in [2.24, 2.45) is 0 Å². The standard InChI is InChI=1S/C14H20FNS/c1-2-3-4-8-16-13-7-9-17-14-6-5-11(15)10-12(13)14/h5-6,10,13,16H,2-4,7-9H2,1H3. The van der Waals surface area contributed by atoms with E-state index in [1.165, 1.54) is 24.2 Å². The zero-order valence-electron chi connectivity index (χ0n) is 10.3. The van der Waals surface area contributed by atoms with Crippen molar-refractivity contribution in [3.05, 3.63) is 29.6 Å². The number of thioether (sulfide) groups is 1. The number of hydrogen-bond acceptors (Lipinski definition) is 2. The summed E-state index contributed by atoms with van der Waals surface area (Å²) in [6.07, 6.45) is 4.83. The van der Waals surface area contributed by atoms with Gasteiger partial charge in [-0.3, -0.25) is 0 Å². The van der Waals surface area contributed by atoms with Gasteiger partial charge in [0.2, 0.25) is 0 Å². The Kier molecular flexibility index (Phi) is 4.86. The Morgan fingerprint density at radius 2 is 2.29 bits per heavy atom. The summed E-state index contributed by atoms with van der Waals surface area (Å²) < 4.78 is 13.3. The van der Waals surface area contributed by atoms with Crippen LogP contribution in [0.2, 0.25) is 0 Å². The smallest absolute Gasteiger partial charge is 0.123 e. The molecule has 2 rings (SSSR count). The summed E-state index contributed by atoms with van der Waals surface area (Å²) in [6, 6.07) is 5.51. The Labute approximate surface area is 107 Å². The second kappa shape index (κ2) is 6.41. The SMILES string of the molecule is CCCCCNC1CCSc2ccc(F)cc21. The lowest BCUT2D eigenvalue weighted by atomic mass is 10.0. The number of rotatable bonds is 5. The van der Waals surface area contributed by atoms with Crippen LogP contribution in [0.15, 0.2) is 23.1 Å². The number of benzene rings is 1. The minimum absolute atomic E-state index is 0.119. The second-order valence-corrected chi connectivity index (χ2v) is 5.67. The van der Waals surface area contributed by atoms with Crippen LogP contribution in [-0.4, -0.2) is 12.3 Å². The summed E-state index contributed by atoms with van der Waals surface area (Å²) in [4.78, 5) is 1.24. The van der Waals surface area contributed by atoms with Crippen molar-refractivity contribution in [1.82, 2.24) is 5.32 Å². The van der Waals surface area contributed by atoms with Crippen LogP contribution in [0.3, 0.4) is 0 Å². The molecule has 1 aliphatic heterocycles. The highest BCUT2D eigenvalue weighted by Crippen LogP contribution is 2.36. The molecule has 0 amide bonds. The Bertz CT molecular complexity index is 367. The molecule has 0 bridgehead atoms. The minimum atomic E-state index is -0.119. The molecule has 0 aromatic heterocycles. The third-order valence-corrected chi connectivity index (χ3v) is 4.31. The maximum Gasteiger partial charge on any atom is 0.123 e. The van der Waals surface area contributed by atoms with Gasteiger partial charge in [-0.2, -0.15) is 0 Å². The van der Waals surface area contributed by atoms with Gasteiger partial charge in [0.1, 0.15) is 5.82 Å². The summed E-state index contributed by atoms with van der Waals surface area (Å²) in [5.41, 5.74) is 1.15. The molecular weight excluding hydrogens is 233 g/mol. The molecule has 17 heavy (non-hydrogen) atoms. The van der Waals surface area contributed by atoms with Gasteiger partial charge in [-0.05, 0) is 48.9 Å². The lowest BCUT2D eigenvalue weighted by Crippen LogP contribution is -2.25. The Morgan fingerprint density at radius 1 is 1.41 bits per heavy atom. The molecule has 0 saturated heterocycles. The third kappa shape index (κ3) is 3.46. The van der Waals surface area contributed by atoms with Crippen LogP contribution in [-0.2, 0) is 0 Å². The van der Waals surface area contributed by atoms with Crippen LogP contribution in [0.1, 0.15) is 44.2 Å². The van der Waals surface area contributed by atoms with Crippen LogP contribution in [0, 0.1) is 5.82 Å². The molecule has 1 aromatic rings. The summed E-state index contributed by atoms with van der Waals surface area (Å²) >= 11 is 1.84. The van der Waals surface area contributed by atoms with Crippen molar-refractivity contribution in [1.29, 1.82) is 0 Å². The second-order valence-electron chi connectivity index (χ2n) is 4.53. The van der Waals surface area contributed by atoms with Crippen molar-refractivity contribution in [3.63, 3.8) is 0 Å². The lowest BCUT2D eigenvalue weighted by molar-refractivity contribution is 0.490. The van der Waals surface area contributed by atoms with Crippen molar-refractivity contribution in [2.75, 3.05) is 12.3 Å². The maximum absolute atomic E-state index is 13.3. The zero-order chi connectivity index (χ0) is 12.1. The van der Waals surface area contributed by atoms with Crippen LogP contribution in [0.4, 0.5) is 4.39 Å². The van der Waals surface area contributed by atoms with Gasteiger partial charge >= 0.3 is 0 Å². The quantitative estimate of drug-likeness (QED) is 0.791. The third-order valence-electron chi connectivity index (χ3n) is 3.18. The molecule has 1 N–H and O–H groups in total. The van der Waals surface area contributed by atoms with E-state index < -0.39 is 0 Å². The maximum atomic E-state index is 13.3. The average molecular weight is 253 g/mol. The largest absolute Gasteiger partial charge is 0.310 e. The summed E-state index contributed by atoms with van der Waals surface area (Å²) in [5.74, 6) is 1.01. The Morgan fingerprint density at radius 3 is 3.12 bits per heavy atom. The normalized spacial score (nSPS) is 19.1. The molecule has 1 heterocycles. The van der Waals surface area contributed by atoms with Gasteiger partial charge in [-0.1, -0.05) is 19.8 Å². The number of hydrogen-bond donors (Lipinski definition) is 1. The molecule has 0 aliphatic carbocycles. The van der Waals surface area contributed by atoms with Gasteiger partial charge in [0, 0.05) is 10.9 Å². The number of fused-ring (bicyclic) bond motifs is 1. The number of nitrogens with one attached hydrogen (secondary N) is 1. The molecule has 0 spiro atoms. The number of unbranched alkanes of at least 4 members (excludes halogenated alkanes) is 2. The van der Waals surface area contributed by atoms with Crippen molar-refractivity contribution in [2.45, 2.75) is 43.5 Å². The molecule has 0 fully saturated rings. The molecule has 0 radical (unpaired) electrons. The average Bonchev–Trinajstić information content (AvgIpc) is 2.35. The van der Waals surface area contributed by atoms with Gasteiger partial charge in [0.15, 0.2) is 0 Å². The molecular formula is C14H20FNS. The van der Waals surface area contributed by atoms with Gasteiger partial charge in [0.25, 0.3) is 0 Å². The molecule has 94 valence electrons. The first-order valence-electron chi connectivity index (χ1n) is 6.47. The minimum Gasteiger partial charge on any atom is -0.310 e. The molecule has 3 heteroatoms. The van der Waals surface area contributed by atoms with E-state index in [-0.39, 0.29) is 5.82 Å². The van der Waals surface area contributed by atoms with Crippen LogP contribution < -0.4 is 5.32 Å². The number of halogens is 1. The fraction of sp³-hybridized carbons (Fsp3) is 0.571. The molecule has 1 nitrogen and oxygen atoms in total. The lowest BCUT2D eigenvalue weighted by Gasteiger charge is -2.26. The zero-order valence-corrected chi connectivity index (χ0v) is 11.2. The predicted octanol–water partition coefficient (Wildman–Crippen LogP) is 4.14. The summed E-state index contributed by atoms with van der Waals surface area (Å²) in [6.45, 7) is 3.25. The van der Waals surface area contributed by atoms with E-state index in [4.69, 9.17) is 0 Å². The monoisotopic (exact) mass is 253 g/mol. The van der Waals surface area contributed by atoms with Crippen molar-refractivity contribution in [3.8, 4) is 0 Å². The summed E-state index contributed by atoms with van der Waals surface area (Å²) in [7, 11) is 0. The molecule has 1 atom stereocenters.